The van der Waals surface area contributed by atoms with Crippen molar-refractivity contribution in [3.63, 3.8) is 0 Å². The Labute approximate surface area is 117 Å². The van der Waals surface area contributed by atoms with Crippen molar-refractivity contribution in [3.05, 3.63) is 45.6 Å². The highest BCUT2D eigenvalue weighted by atomic mass is 32.1. The second-order valence-corrected chi connectivity index (χ2v) is 5.39. The Morgan fingerprint density at radius 1 is 1.16 bits per heavy atom. The number of benzene rings is 1. The molecule has 0 spiro atoms. The van der Waals surface area contributed by atoms with Gasteiger partial charge in [-0.3, -0.25) is 0 Å². The molecule has 0 atom stereocenters. The lowest BCUT2D eigenvalue weighted by atomic mass is 10.2. The fourth-order valence-electron chi connectivity index (χ4n) is 1.77. The van der Waals surface area contributed by atoms with Crippen molar-refractivity contribution in [2.45, 2.75) is 26.6 Å². The minimum absolute atomic E-state index is 0.0377. The van der Waals surface area contributed by atoms with E-state index in [1.165, 1.54) is 9.75 Å². The number of hydrogen-bond donors (Lipinski definition) is 1. The average molecular weight is 278 g/mol. The molecule has 0 aliphatic carbocycles. The molecule has 0 saturated heterocycles. The van der Waals surface area contributed by atoms with Crippen LogP contribution in [-0.4, -0.2) is 12.2 Å². The molecule has 0 unspecified atom stereocenters. The number of ether oxygens (including phenoxy) is 2. The molecular formula is C15H18O3S. The summed E-state index contributed by atoms with van der Waals surface area (Å²) in [7, 11) is 1.62. The van der Waals surface area contributed by atoms with Gasteiger partial charge in [-0.25, -0.2) is 0 Å². The van der Waals surface area contributed by atoms with Gasteiger partial charge < -0.3 is 14.6 Å². The maximum atomic E-state index is 9.30. The first kappa shape index (κ1) is 13.9. The van der Waals surface area contributed by atoms with E-state index in [0.717, 1.165) is 17.7 Å². The van der Waals surface area contributed by atoms with E-state index in [4.69, 9.17) is 9.47 Å². The quantitative estimate of drug-likeness (QED) is 0.880. The summed E-state index contributed by atoms with van der Waals surface area (Å²) in [4.78, 5) is 2.54. The van der Waals surface area contributed by atoms with Crippen molar-refractivity contribution < 1.29 is 14.6 Å². The second kappa shape index (κ2) is 6.59. The third kappa shape index (κ3) is 3.49. The van der Waals surface area contributed by atoms with Gasteiger partial charge in [-0.1, -0.05) is 6.92 Å². The molecule has 102 valence electrons. The van der Waals surface area contributed by atoms with Crippen molar-refractivity contribution >= 4 is 11.3 Å². The molecule has 0 radical (unpaired) electrons. The van der Waals surface area contributed by atoms with Gasteiger partial charge in [0.05, 0.1) is 13.7 Å². The SMILES string of the molecule is CCc1ccc(COc2cc(OC)ccc2CO)s1. The van der Waals surface area contributed by atoms with Crippen molar-refractivity contribution in [2.24, 2.45) is 0 Å². The van der Waals surface area contributed by atoms with Crippen molar-refractivity contribution in [1.29, 1.82) is 0 Å². The van der Waals surface area contributed by atoms with Crippen molar-refractivity contribution in [3.8, 4) is 11.5 Å². The fraction of sp³-hybridized carbons (Fsp3) is 0.333. The lowest BCUT2D eigenvalue weighted by Crippen LogP contribution is -1.98. The van der Waals surface area contributed by atoms with Crippen LogP contribution >= 0.6 is 11.3 Å². The van der Waals surface area contributed by atoms with Gasteiger partial charge in [0.25, 0.3) is 0 Å². The van der Waals surface area contributed by atoms with Crippen molar-refractivity contribution in [2.75, 3.05) is 7.11 Å². The van der Waals surface area contributed by atoms with E-state index >= 15 is 0 Å². The minimum atomic E-state index is -0.0377. The Hall–Kier alpha value is -1.52. The molecule has 3 nitrogen and oxygen atoms in total. The Morgan fingerprint density at radius 3 is 2.58 bits per heavy atom. The van der Waals surface area contributed by atoms with Crippen LogP contribution in [0.25, 0.3) is 0 Å². The van der Waals surface area contributed by atoms with Crippen LogP contribution in [0.2, 0.25) is 0 Å². The van der Waals surface area contributed by atoms with E-state index in [-0.39, 0.29) is 6.61 Å². The average Bonchev–Trinajstić information content (AvgIpc) is 2.92. The number of rotatable bonds is 6. The van der Waals surface area contributed by atoms with Crippen LogP contribution in [0.5, 0.6) is 11.5 Å². The first-order valence-electron chi connectivity index (χ1n) is 6.25. The van der Waals surface area contributed by atoms with Gasteiger partial charge in [-0.15, -0.1) is 11.3 Å². The van der Waals surface area contributed by atoms with Crippen LogP contribution in [0.4, 0.5) is 0 Å². The number of aliphatic hydroxyl groups excluding tert-OH is 1. The van der Waals surface area contributed by atoms with E-state index in [0.29, 0.717) is 12.4 Å². The molecule has 4 heteroatoms. The smallest absolute Gasteiger partial charge is 0.129 e. The Kier molecular flexibility index (Phi) is 4.82. The molecule has 1 N–H and O–H groups in total. The first-order valence-corrected chi connectivity index (χ1v) is 7.06. The molecule has 2 aromatic rings. The van der Waals surface area contributed by atoms with Crippen LogP contribution in [-0.2, 0) is 19.6 Å². The van der Waals surface area contributed by atoms with Crippen LogP contribution in [0.1, 0.15) is 22.2 Å². The van der Waals surface area contributed by atoms with Gasteiger partial charge >= 0.3 is 0 Å². The topological polar surface area (TPSA) is 38.7 Å². The summed E-state index contributed by atoms with van der Waals surface area (Å²) in [6, 6.07) is 9.66. The molecule has 0 aliphatic heterocycles. The molecule has 0 aliphatic rings. The molecule has 1 heterocycles. The maximum Gasteiger partial charge on any atom is 0.129 e. The maximum absolute atomic E-state index is 9.30. The van der Waals surface area contributed by atoms with Crippen LogP contribution in [0.3, 0.4) is 0 Å². The number of aryl methyl sites for hydroxylation is 1. The lowest BCUT2D eigenvalue weighted by molar-refractivity contribution is 0.259. The van der Waals surface area contributed by atoms with E-state index in [9.17, 15) is 5.11 Å². The molecule has 19 heavy (non-hydrogen) atoms. The van der Waals surface area contributed by atoms with Gasteiger partial charge in [0.1, 0.15) is 18.1 Å². The lowest BCUT2D eigenvalue weighted by Gasteiger charge is -2.11. The number of aliphatic hydroxyl groups is 1. The fourth-order valence-corrected chi connectivity index (χ4v) is 2.64. The van der Waals surface area contributed by atoms with Gasteiger partial charge in [0.2, 0.25) is 0 Å². The first-order chi connectivity index (χ1) is 9.26. The Bertz CT molecular complexity index is 534. The summed E-state index contributed by atoms with van der Waals surface area (Å²) in [5.41, 5.74) is 0.771. The second-order valence-electron chi connectivity index (χ2n) is 4.14. The van der Waals surface area contributed by atoms with Crippen molar-refractivity contribution in [1.82, 2.24) is 0 Å². The number of hydrogen-bond acceptors (Lipinski definition) is 4. The summed E-state index contributed by atoms with van der Waals surface area (Å²) >= 11 is 1.76. The van der Waals surface area contributed by atoms with E-state index in [1.54, 1.807) is 24.5 Å². The molecule has 0 fully saturated rings. The zero-order valence-corrected chi connectivity index (χ0v) is 12.0. The van der Waals surface area contributed by atoms with Gasteiger partial charge in [-0.05, 0) is 30.7 Å². The molecule has 0 saturated carbocycles. The van der Waals surface area contributed by atoms with E-state index < -0.39 is 0 Å². The zero-order valence-electron chi connectivity index (χ0n) is 11.2. The monoisotopic (exact) mass is 278 g/mol. The van der Waals surface area contributed by atoms with Gasteiger partial charge in [-0.2, -0.15) is 0 Å². The Morgan fingerprint density at radius 2 is 1.95 bits per heavy atom. The summed E-state index contributed by atoms with van der Waals surface area (Å²) < 4.78 is 11.0. The predicted octanol–water partition coefficient (Wildman–Crippen LogP) is 3.39. The molecule has 0 bridgehead atoms. The summed E-state index contributed by atoms with van der Waals surface area (Å²) in [5.74, 6) is 1.40. The predicted molar refractivity (Wildman–Crippen MR) is 76.9 cm³/mol. The third-order valence-corrected chi connectivity index (χ3v) is 4.08. The molecular weight excluding hydrogens is 260 g/mol. The number of thiophene rings is 1. The Balaban J connectivity index is 2.09. The molecule has 2 rings (SSSR count). The largest absolute Gasteiger partial charge is 0.497 e. The van der Waals surface area contributed by atoms with E-state index in [2.05, 4.69) is 19.1 Å². The summed E-state index contributed by atoms with van der Waals surface area (Å²) in [6.07, 6.45) is 1.05. The van der Waals surface area contributed by atoms with Crippen LogP contribution < -0.4 is 9.47 Å². The molecule has 1 aromatic heterocycles. The minimum Gasteiger partial charge on any atom is -0.497 e. The molecule has 1 aromatic carbocycles. The standard InChI is InChI=1S/C15H18O3S/c1-3-13-6-7-14(19-13)10-18-15-8-12(17-2)5-4-11(15)9-16/h4-8,16H,3,9-10H2,1-2H3. The van der Waals surface area contributed by atoms with Crippen LogP contribution in [0, 0.1) is 0 Å². The highest BCUT2D eigenvalue weighted by molar-refractivity contribution is 7.11. The highest BCUT2D eigenvalue weighted by Gasteiger charge is 2.06. The normalized spacial score (nSPS) is 10.5. The van der Waals surface area contributed by atoms with Gasteiger partial charge in [0, 0.05) is 21.4 Å². The van der Waals surface area contributed by atoms with Crippen LogP contribution in [0.15, 0.2) is 30.3 Å². The number of methoxy groups -OCH3 is 1. The molecule has 0 amide bonds. The highest BCUT2D eigenvalue weighted by Crippen LogP contribution is 2.27. The summed E-state index contributed by atoms with van der Waals surface area (Å²) in [5, 5.41) is 9.30. The summed E-state index contributed by atoms with van der Waals surface area (Å²) in [6.45, 7) is 2.62. The van der Waals surface area contributed by atoms with E-state index in [1.807, 2.05) is 12.1 Å². The third-order valence-electron chi connectivity index (χ3n) is 2.88. The zero-order chi connectivity index (χ0) is 13.7. The van der Waals surface area contributed by atoms with Gasteiger partial charge in [0.15, 0.2) is 0 Å².